The average molecular weight is 259 g/mol. The molecule has 0 fully saturated rings. The molecule has 0 aliphatic carbocycles. The lowest BCUT2D eigenvalue weighted by atomic mass is 10.2. The highest BCUT2D eigenvalue weighted by Gasteiger charge is 2.25. The van der Waals surface area contributed by atoms with Crippen LogP contribution < -0.4 is 0 Å². The van der Waals surface area contributed by atoms with E-state index in [-0.39, 0.29) is 0 Å². The Balaban J connectivity index is 2.80. The number of sulfone groups is 1. The van der Waals surface area contributed by atoms with Gasteiger partial charge in [-0.3, -0.25) is 0 Å². The molecule has 0 atom stereocenters. The van der Waals surface area contributed by atoms with Crippen LogP contribution in [-0.4, -0.2) is 8.42 Å². The Labute approximate surface area is 85.3 Å². The van der Waals surface area contributed by atoms with E-state index in [4.69, 9.17) is 0 Å². The van der Waals surface area contributed by atoms with Gasteiger partial charge in [-0.05, 0) is 36.8 Å². The summed E-state index contributed by atoms with van der Waals surface area (Å²) in [6.45, 7) is 1.61. The lowest BCUT2D eigenvalue weighted by Crippen LogP contribution is -1.97. The highest BCUT2D eigenvalue weighted by atomic mass is 79.9. The second-order valence-corrected chi connectivity index (χ2v) is 5.95. The van der Waals surface area contributed by atoms with Crippen LogP contribution >= 0.6 is 15.9 Å². The van der Waals surface area contributed by atoms with Gasteiger partial charge in [-0.2, -0.15) is 0 Å². The summed E-state index contributed by atoms with van der Waals surface area (Å²) in [5, 5.41) is 0. The van der Waals surface area contributed by atoms with Gasteiger partial charge in [0.05, 0.1) is 4.90 Å². The van der Waals surface area contributed by atoms with Gasteiger partial charge >= 0.3 is 0 Å². The first-order chi connectivity index (χ1) is 6.01. The molecule has 0 N–H and O–H groups in total. The van der Waals surface area contributed by atoms with Crippen molar-refractivity contribution in [1.82, 2.24) is 0 Å². The van der Waals surface area contributed by atoms with Crippen LogP contribution in [0.15, 0.2) is 32.5 Å². The molecule has 1 aromatic rings. The van der Waals surface area contributed by atoms with Gasteiger partial charge in [-0.25, -0.2) is 8.42 Å². The van der Waals surface area contributed by atoms with E-state index in [0.717, 1.165) is 10.0 Å². The average Bonchev–Trinajstić information content (AvgIpc) is 2.23. The second-order valence-electron chi connectivity index (χ2n) is 2.94. The normalized spacial score (nSPS) is 18.2. The number of allylic oxidation sites excluding steroid dienone is 1. The van der Waals surface area contributed by atoms with Gasteiger partial charge in [-0.1, -0.05) is 15.9 Å². The Morgan fingerprint density at radius 3 is 2.69 bits per heavy atom. The highest BCUT2D eigenvalue weighted by molar-refractivity contribution is 9.10. The number of hydrogen-bond acceptors (Lipinski definition) is 2. The minimum atomic E-state index is -3.16. The van der Waals surface area contributed by atoms with E-state index < -0.39 is 9.84 Å². The standard InChI is InChI=1S/C9H7BrO2S/c1-6-4-7-5-8(10)2-3-9(7)13(6,11)12/h2-5H,1H3. The van der Waals surface area contributed by atoms with Gasteiger partial charge in [0, 0.05) is 9.38 Å². The molecule has 4 heteroatoms. The molecule has 0 amide bonds. The third-order valence-electron chi connectivity index (χ3n) is 2.04. The van der Waals surface area contributed by atoms with Gasteiger partial charge in [0.1, 0.15) is 0 Å². The van der Waals surface area contributed by atoms with Crippen molar-refractivity contribution in [3.8, 4) is 0 Å². The van der Waals surface area contributed by atoms with Gasteiger partial charge < -0.3 is 0 Å². The molecule has 2 nitrogen and oxygen atoms in total. The van der Waals surface area contributed by atoms with E-state index in [2.05, 4.69) is 15.9 Å². The number of benzene rings is 1. The molecule has 13 heavy (non-hydrogen) atoms. The Bertz CT molecular complexity index is 500. The first kappa shape index (κ1) is 8.97. The predicted octanol–water partition coefficient (Wildman–Crippen LogP) is 2.60. The van der Waals surface area contributed by atoms with Crippen LogP contribution in [0.5, 0.6) is 0 Å². The lowest BCUT2D eigenvalue weighted by Gasteiger charge is -1.98. The number of rotatable bonds is 0. The molecule has 0 spiro atoms. The zero-order valence-electron chi connectivity index (χ0n) is 6.91. The van der Waals surface area contributed by atoms with Gasteiger partial charge in [0.25, 0.3) is 0 Å². The van der Waals surface area contributed by atoms with E-state index in [9.17, 15) is 8.42 Å². The summed E-state index contributed by atoms with van der Waals surface area (Å²) in [5.41, 5.74) is 0.770. The first-order valence-electron chi connectivity index (χ1n) is 3.75. The largest absolute Gasteiger partial charge is 0.219 e. The van der Waals surface area contributed by atoms with Crippen LogP contribution in [0, 0.1) is 0 Å². The first-order valence-corrected chi connectivity index (χ1v) is 6.02. The predicted molar refractivity (Wildman–Crippen MR) is 55.0 cm³/mol. The molecular weight excluding hydrogens is 252 g/mol. The molecule has 0 unspecified atom stereocenters. The van der Waals surface area contributed by atoms with Crippen LogP contribution in [-0.2, 0) is 9.84 Å². The zero-order valence-corrected chi connectivity index (χ0v) is 9.31. The van der Waals surface area contributed by atoms with E-state index >= 15 is 0 Å². The maximum absolute atomic E-state index is 11.6. The van der Waals surface area contributed by atoms with Crippen molar-refractivity contribution < 1.29 is 8.42 Å². The molecule has 1 heterocycles. The molecule has 0 radical (unpaired) electrons. The SMILES string of the molecule is CC1=Cc2cc(Br)ccc2S1(=O)=O. The van der Waals surface area contributed by atoms with Crippen LogP contribution in [0.3, 0.4) is 0 Å². The highest BCUT2D eigenvalue weighted by Crippen LogP contribution is 2.33. The molecule has 1 aliphatic rings. The van der Waals surface area contributed by atoms with E-state index in [1.807, 2.05) is 6.07 Å². The molecule has 0 aromatic heterocycles. The quantitative estimate of drug-likeness (QED) is 0.717. The van der Waals surface area contributed by atoms with Gasteiger partial charge in [-0.15, -0.1) is 0 Å². The molecule has 0 saturated heterocycles. The third kappa shape index (κ3) is 1.25. The van der Waals surface area contributed by atoms with Crippen LogP contribution in [0.1, 0.15) is 12.5 Å². The molecule has 1 aliphatic heterocycles. The van der Waals surface area contributed by atoms with Crippen molar-refractivity contribution in [1.29, 1.82) is 0 Å². The van der Waals surface area contributed by atoms with Crippen LogP contribution in [0.25, 0.3) is 6.08 Å². The van der Waals surface area contributed by atoms with Crippen molar-refractivity contribution in [2.24, 2.45) is 0 Å². The summed E-state index contributed by atoms with van der Waals surface area (Å²) < 4.78 is 24.1. The molecule has 0 bridgehead atoms. The van der Waals surface area contributed by atoms with Crippen molar-refractivity contribution in [2.75, 3.05) is 0 Å². The van der Waals surface area contributed by atoms with E-state index in [0.29, 0.717) is 9.80 Å². The van der Waals surface area contributed by atoms with E-state index in [1.165, 1.54) is 0 Å². The number of hydrogen-bond donors (Lipinski definition) is 0. The van der Waals surface area contributed by atoms with Gasteiger partial charge in [0.15, 0.2) is 0 Å². The summed E-state index contributed by atoms with van der Waals surface area (Å²) in [4.78, 5) is 0.828. The topological polar surface area (TPSA) is 34.1 Å². The number of halogens is 1. The number of fused-ring (bicyclic) bond motifs is 1. The van der Waals surface area contributed by atoms with Crippen LogP contribution in [0.2, 0.25) is 0 Å². The Kier molecular flexibility index (Phi) is 1.85. The molecule has 2 rings (SSSR count). The fourth-order valence-electron chi connectivity index (χ4n) is 1.35. The molecular formula is C9H7BrO2S. The summed E-state index contributed by atoms with van der Waals surface area (Å²) in [6, 6.07) is 5.17. The van der Waals surface area contributed by atoms with Crippen molar-refractivity contribution in [3.63, 3.8) is 0 Å². The summed E-state index contributed by atoms with van der Waals surface area (Å²) in [6.07, 6.45) is 1.69. The summed E-state index contributed by atoms with van der Waals surface area (Å²) in [7, 11) is -3.16. The zero-order chi connectivity index (χ0) is 9.64. The fourth-order valence-corrected chi connectivity index (χ4v) is 3.03. The Morgan fingerprint density at radius 2 is 2.00 bits per heavy atom. The summed E-state index contributed by atoms with van der Waals surface area (Å²) >= 11 is 3.30. The molecule has 1 aromatic carbocycles. The van der Waals surface area contributed by atoms with Crippen molar-refractivity contribution in [3.05, 3.63) is 33.1 Å². The molecule has 68 valence electrons. The Hall–Kier alpha value is -0.610. The minimum Gasteiger partial charge on any atom is -0.219 e. The monoisotopic (exact) mass is 258 g/mol. The van der Waals surface area contributed by atoms with Crippen molar-refractivity contribution >= 4 is 31.8 Å². The smallest absolute Gasteiger partial charge is 0.203 e. The second kappa shape index (κ2) is 2.69. The molecule has 0 saturated carbocycles. The Morgan fingerprint density at radius 1 is 1.31 bits per heavy atom. The maximum atomic E-state index is 11.6. The van der Waals surface area contributed by atoms with Gasteiger partial charge in [0.2, 0.25) is 9.84 Å². The third-order valence-corrected chi connectivity index (χ3v) is 4.45. The van der Waals surface area contributed by atoms with Crippen LogP contribution in [0.4, 0.5) is 0 Å². The summed E-state index contributed by atoms with van der Waals surface area (Å²) in [5.74, 6) is 0. The lowest BCUT2D eigenvalue weighted by molar-refractivity contribution is 0.603. The fraction of sp³-hybridized carbons (Fsp3) is 0.111. The van der Waals surface area contributed by atoms with E-state index in [1.54, 1.807) is 25.1 Å². The minimum absolute atomic E-state index is 0.410. The van der Waals surface area contributed by atoms with Crippen molar-refractivity contribution in [2.45, 2.75) is 11.8 Å². The maximum Gasteiger partial charge on any atom is 0.203 e.